The smallest absolute Gasteiger partial charge is 0.227 e. The molecule has 0 radical (unpaired) electrons. The van der Waals surface area contributed by atoms with Crippen LogP contribution in [0.25, 0.3) is 106 Å². The van der Waals surface area contributed by atoms with E-state index in [1.807, 2.05) is 91.0 Å². The molecule has 0 amide bonds. The topological polar surface area (TPSA) is 69.6 Å². The number of benzene rings is 8. The first-order valence-electron chi connectivity index (χ1n) is 18.6. The molecular formula is C50H31N5O. The van der Waals surface area contributed by atoms with Crippen LogP contribution in [0.3, 0.4) is 0 Å². The third-order valence-corrected chi connectivity index (χ3v) is 10.5. The van der Waals surface area contributed by atoms with Crippen LogP contribution in [0.4, 0.5) is 0 Å². The molecular weight excluding hydrogens is 687 g/mol. The van der Waals surface area contributed by atoms with Gasteiger partial charge in [0.1, 0.15) is 5.52 Å². The summed E-state index contributed by atoms with van der Waals surface area (Å²) in [5.74, 6) is 2.53. The lowest BCUT2D eigenvalue weighted by Crippen LogP contribution is -2.00. The van der Waals surface area contributed by atoms with Gasteiger partial charge >= 0.3 is 0 Å². The van der Waals surface area contributed by atoms with E-state index in [1.54, 1.807) is 0 Å². The Hall–Kier alpha value is -7.70. The van der Waals surface area contributed by atoms with Crippen molar-refractivity contribution in [1.82, 2.24) is 24.5 Å². The van der Waals surface area contributed by atoms with Crippen molar-refractivity contribution in [2.75, 3.05) is 0 Å². The summed E-state index contributed by atoms with van der Waals surface area (Å²) in [5, 5.41) is 4.66. The number of fused-ring (bicyclic) bond motifs is 7. The lowest BCUT2D eigenvalue weighted by Gasteiger charge is -2.12. The molecule has 0 aliphatic heterocycles. The molecule has 0 spiro atoms. The van der Waals surface area contributed by atoms with E-state index >= 15 is 0 Å². The fraction of sp³-hybridized carbons (Fsp3) is 0. The predicted octanol–water partition coefficient (Wildman–Crippen LogP) is 12.6. The number of aromatic nitrogens is 5. The third kappa shape index (κ3) is 5.35. The number of oxazole rings is 1. The Morgan fingerprint density at radius 2 is 0.821 bits per heavy atom. The van der Waals surface area contributed by atoms with Gasteiger partial charge in [-0.3, -0.25) is 0 Å². The molecule has 0 saturated carbocycles. The molecule has 56 heavy (non-hydrogen) atoms. The van der Waals surface area contributed by atoms with E-state index in [-0.39, 0.29) is 0 Å². The molecule has 0 bridgehead atoms. The van der Waals surface area contributed by atoms with E-state index in [4.69, 9.17) is 24.4 Å². The average Bonchev–Trinajstić information content (AvgIpc) is 3.87. The Morgan fingerprint density at radius 1 is 0.339 bits per heavy atom. The largest absolute Gasteiger partial charge is 0.434 e. The summed E-state index contributed by atoms with van der Waals surface area (Å²) in [6.45, 7) is 0. The zero-order valence-electron chi connectivity index (χ0n) is 30.0. The highest BCUT2D eigenvalue weighted by Gasteiger charge is 2.21. The predicted molar refractivity (Wildman–Crippen MR) is 226 cm³/mol. The van der Waals surface area contributed by atoms with Crippen LogP contribution >= 0.6 is 0 Å². The first-order valence-corrected chi connectivity index (χ1v) is 18.6. The molecule has 6 heteroatoms. The first kappa shape index (κ1) is 31.8. The van der Waals surface area contributed by atoms with Gasteiger partial charge in [0.2, 0.25) is 5.89 Å². The van der Waals surface area contributed by atoms with Gasteiger partial charge < -0.3 is 8.98 Å². The van der Waals surface area contributed by atoms with Crippen molar-refractivity contribution in [3.8, 4) is 62.4 Å². The molecule has 0 saturated heterocycles. The quantitative estimate of drug-likeness (QED) is 0.171. The summed E-state index contributed by atoms with van der Waals surface area (Å²) < 4.78 is 8.98. The molecule has 0 atom stereocenters. The van der Waals surface area contributed by atoms with Gasteiger partial charge in [0.15, 0.2) is 23.1 Å². The van der Waals surface area contributed by atoms with Crippen molar-refractivity contribution in [3.63, 3.8) is 0 Å². The molecule has 262 valence electrons. The highest BCUT2D eigenvalue weighted by Crippen LogP contribution is 2.41. The van der Waals surface area contributed by atoms with Crippen molar-refractivity contribution in [3.05, 3.63) is 188 Å². The second-order valence-electron chi connectivity index (χ2n) is 13.9. The number of nitrogens with zero attached hydrogens (tertiary/aromatic N) is 5. The van der Waals surface area contributed by atoms with Crippen LogP contribution in [0, 0.1) is 0 Å². The van der Waals surface area contributed by atoms with Gasteiger partial charge in [-0.05, 0) is 52.9 Å². The highest BCUT2D eigenvalue weighted by molar-refractivity contribution is 6.22. The molecule has 0 aliphatic rings. The normalized spacial score (nSPS) is 11.6. The van der Waals surface area contributed by atoms with E-state index in [1.165, 1.54) is 16.2 Å². The van der Waals surface area contributed by atoms with Gasteiger partial charge in [-0.25, -0.2) is 19.9 Å². The summed E-state index contributed by atoms with van der Waals surface area (Å²) in [6, 6.07) is 64.7. The lowest BCUT2D eigenvalue weighted by atomic mass is 10.0. The van der Waals surface area contributed by atoms with Crippen molar-refractivity contribution < 1.29 is 4.42 Å². The maximum Gasteiger partial charge on any atom is 0.227 e. The Bertz CT molecular complexity index is 3150. The second-order valence-corrected chi connectivity index (χ2v) is 13.9. The van der Waals surface area contributed by atoms with Crippen molar-refractivity contribution >= 4 is 43.7 Å². The lowest BCUT2D eigenvalue weighted by molar-refractivity contribution is 0.622. The standard InChI is InChI=1S/C50H31N5O/c1-4-13-35(14-5-1)47-52-48(36-15-6-2-7-16-36)54-49(53-47)37-22-20-32(21-23-37)33-24-27-39(28-25-33)55-44-40-19-11-10-12-34(40)26-29-41(44)42-30-31-43-46(45(42)55)56-50(51-43)38-17-8-3-9-18-38/h1-31H. The fourth-order valence-corrected chi connectivity index (χ4v) is 7.76. The van der Waals surface area contributed by atoms with Crippen LogP contribution in [0.1, 0.15) is 0 Å². The van der Waals surface area contributed by atoms with Crippen LogP contribution in [0.5, 0.6) is 0 Å². The maximum atomic E-state index is 6.63. The van der Waals surface area contributed by atoms with Gasteiger partial charge in [-0.1, -0.05) is 152 Å². The Balaban J connectivity index is 1.01. The maximum absolute atomic E-state index is 6.63. The Labute approximate surface area is 322 Å². The fourth-order valence-electron chi connectivity index (χ4n) is 7.76. The van der Waals surface area contributed by atoms with E-state index < -0.39 is 0 Å². The van der Waals surface area contributed by atoms with Crippen LogP contribution < -0.4 is 0 Å². The van der Waals surface area contributed by atoms with Gasteiger partial charge in [0.25, 0.3) is 0 Å². The van der Waals surface area contributed by atoms with E-state index in [2.05, 4.69) is 102 Å². The summed E-state index contributed by atoms with van der Waals surface area (Å²) in [7, 11) is 0. The summed E-state index contributed by atoms with van der Waals surface area (Å²) >= 11 is 0. The van der Waals surface area contributed by atoms with Crippen LogP contribution in [0.15, 0.2) is 192 Å². The van der Waals surface area contributed by atoms with Gasteiger partial charge in [0.05, 0.1) is 11.0 Å². The zero-order chi connectivity index (χ0) is 37.0. The van der Waals surface area contributed by atoms with Gasteiger partial charge in [-0.15, -0.1) is 0 Å². The summed E-state index contributed by atoms with van der Waals surface area (Å²) in [4.78, 5) is 19.6. The molecule has 8 aromatic carbocycles. The van der Waals surface area contributed by atoms with Crippen molar-refractivity contribution in [1.29, 1.82) is 0 Å². The first-order chi connectivity index (χ1) is 27.7. The molecule has 3 aromatic heterocycles. The van der Waals surface area contributed by atoms with E-state index in [0.717, 1.165) is 66.6 Å². The Morgan fingerprint density at radius 3 is 1.45 bits per heavy atom. The number of rotatable bonds is 6. The molecule has 6 nitrogen and oxygen atoms in total. The average molecular weight is 718 g/mol. The zero-order valence-corrected chi connectivity index (χ0v) is 30.0. The van der Waals surface area contributed by atoms with Gasteiger partial charge in [0, 0.05) is 44.1 Å². The SMILES string of the molecule is c1ccc(-c2nc(-c3ccccc3)nc(-c3ccc(-c4ccc(-n5c6c7ccccc7ccc6c6ccc7nc(-c8ccccc8)oc7c65)cc4)cc3)n2)cc1. The third-order valence-electron chi connectivity index (χ3n) is 10.5. The molecule has 0 fully saturated rings. The molecule has 0 unspecified atom stereocenters. The minimum atomic E-state index is 0.610. The Kier molecular flexibility index (Phi) is 7.38. The van der Waals surface area contributed by atoms with Crippen LogP contribution in [-0.4, -0.2) is 24.5 Å². The summed E-state index contributed by atoms with van der Waals surface area (Å²) in [6.07, 6.45) is 0. The minimum Gasteiger partial charge on any atom is -0.434 e. The van der Waals surface area contributed by atoms with Crippen LogP contribution in [-0.2, 0) is 0 Å². The number of hydrogen-bond donors (Lipinski definition) is 0. The molecule has 0 aliphatic carbocycles. The van der Waals surface area contributed by atoms with Gasteiger partial charge in [-0.2, -0.15) is 0 Å². The second kappa shape index (κ2) is 13.0. The molecule has 0 N–H and O–H groups in total. The highest BCUT2D eigenvalue weighted by atomic mass is 16.3. The monoisotopic (exact) mass is 717 g/mol. The van der Waals surface area contributed by atoms with Crippen molar-refractivity contribution in [2.45, 2.75) is 0 Å². The summed E-state index contributed by atoms with van der Waals surface area (Å²) in [5.41, 5.74) is 10.7. The van der Waals surface area contributed by atoms with E-state index in [0.29, 0.717) is 23.4 Å². The number of hydrogen-bond acceptors (Lipinski definition) is 5. The molecule has 11 rings (SSSR count). The molecule has 3 heterocycles. The molecule has 11 aromatic rings. The minimum absolute atomic E-state index is 0.610. The van der Waals surface area contributed by atoms with Crippen LogP contribution in [0.2, 0.25) is 0 Å². The van der Waals surface area contributed by atoms with E-state index in [9.17, 15) is 0 Å². The van der Waals surface area contributed by atoms with Crippen molar-refractivity contribution in [2.24, 2.45) is 0 Å².